The van der Waals surface area contributed by atoms with Gasteiger partial charge in [0.05, 0.1) is 7.05 Å². The van der Waals surface area contributed by atoms with Crippen LogP contribution in [-0.4, -0.2) is 79.1 Å². The van der Waals surface area contributed by atoms with Crippen molar-refractivity contribution < 1.29 is 51.5 Å². The molecule has 4 rings (SSSR count). The lowest BCUT2D eigenvalue weighted by atomic mass is 10.1. The molecule has 286 valence electrons. The number of nitrogens with two attached hydrogens (primary N) is 2. The van der Waals surface area contributed by atoms with E-state index in [0.29, 0.717) is 12.8 Å². The molecule has 53 heavy (non-hydrogen) atoms. The van der Waals surface area contributed by atoms with E-state index in [1.54, 1.807) is 38.2 Å². The third-order valence-corrected chi connectivity index (χ3v) is 7.98. The average molecular weight is 749 g/mol. The first kappa shape index (κ1) is 46.0. The molecule has 0 aliphatic rings. The zero-order valence-electron chi connectivity index (χ0n) is 31.1. The number of benzene rings is 4. The molecule has 0 spiro atoms. The van der Waals surface area contributed by atoms with E-state index < -0.39 is 24.0 Å². The van der Waals surface area contributed by atoms with Gasteiger partial charge in [-0.1, -0.05) is 121 Å². The first-order chi connectivity index (χ1) is 24.9. The van der Waals surface area contributed by atoms with Gasteiger partial charge in [0.1, 0.15) is 31.3 Å². The molecule has 1 amide bonds. The fourth-order valence-corrected chi connectivity index (χ4v) is 4.33. The SMILES string of the molecule is C[C@H](C(=O)O)N(C)C.C[NH2+][C@H](C)C(=O)N[C@H](Cc1ccccc1)C(=O)OCc1ccccc1.N[C@H](Cc1ccccc1)C(=O)OCc1ccccc1.[Cl-]. The van der Waals surface area contributed by atoms with Gasteiger partial charge >= 0.3 is 17.9 Å². The highest BCUT2D eigenvalue weighted by atomic mass is 35.5. The predicted molar refractivity (Wildman–Crippen MR) is 201 cm³/mol. The van der Waals surface area contributed by atoms with E-state index in [0.717, 1.165) is 22.3 Å². The summed E-state index contributed by atoms with van der Waals surface area (Å²) in [5.74, 6) is -1.76. The maximum atomic E-state index is 12.5. The molecule has 0 aliphatic carbocycles. The number of halogens is 1. The highest BCUT2D eigenvalue weighted by molar-refractivity contribution is 5.86. The number of hydrogen-bond acceptors (Lipinski definition) is 8. The Morgan fingerprint density at radius 2 is 1.06 bits per heavy atom. The number of ether oxygens (including phenoxy) is 2. The van der Waals surface area contributed by atoms with Gasteiger partial charge in [0.2, 0.25) is 0 Å². The summed E-state index contributed by atoms with van der Waals surface area (Å²) in [6.45, 7) is 3.89. The zero-order chi connectivity index (χ0) is 38.3. The Morgan fingerprint density at radius 1 is 0.679 bits per heavy atom. The van der Waals surface area contributed by atoms with Gasteiger partial charge in [0.15, 0.2) is 6.04 Å². The van der Waals surface area contributed by atoms with Crippen LogP contribution in [0.1, 0.15) is 36.1 Å². The van der Waals surface area contributed by atoms with Gasteiger partial charge in [-0.25, -0.2) is 4.79 Å². The molecular formula is C41H53ClN4O7. The normalized spacial score (nSPS) is 12.4. The first-order valence-corrected chi connectivity index (χ1v) is 17.1. The summed E-state index contributed by atoms with van der Waals surface area (Å²) in [5.41, 5.74) is 9.72. The fraction of sp³-hybridized carbons (Fsp3) is 0.317. The minimum Gasteiger partial charge on any atom is -1.00 e. The number of nitrogens with zero attached hydrogens (tertiary/aromatic N) is 1. The van der Waals surface area contributed by atoms with E-state index in [-0.39, 0.29) is 49.6 Å². The molecule has 0 radical (unpaired) electrons. The molecule has 0 unspecified atom stereocenters. The van der Waals surface area contributed by atoms with Crippen LogP contribution in [0.2, 0.25) is 0 Å². The second-order valence-corrected chi connectivity index (χ2v) is 12.3. The van der Waals surface area contributed by atoms with Gasteiger partial charge in [-0.15, -0.1) is 0 Å². The monoisotopic (exact) mass is 748 g/mol. The lowest BCUT2D eigenvalue weighted by molar-refractivity contribution is -0.646. The molecule has 12 heteroatoms. The van der Waals surface area contributed by atoms with Crippen molar-refractivity contribution in [2.45, 2.75) is 64.1 Å². The number of amides is 1. The standard InChI is InChI=1S/C20H24N2O3.C16H17NO2.C5H11NO2.ClH/c1-15(21-2)19(23)22-18(13-16-9-5-3-6-10-16)20(24)25-14-17-11-7-4-8-12-17;17-15(11-13-7-3-1-4-8-13)16(18)19-12-14-9-5-2-6-10-14;1-4(5(7)8)6(2)3;/h3-12,15,18,21H,13-14H2,1-2H3,(H,22,23);1-10,15H,11-12,17H2;4H,1-3H3,(H,7,8);1H/t15-,18-;15-;4-;/m111./s1. The predicted octanol–water partition coefficient (Wildman–Crippen LogP) is 0.364. The van der Waals surface area contributed by atoms with Crippen LogP contribution in [0.15, 0.2) is 121 Å². The summed E-state index contributed by atoms with van der Waals surface area (Å²) in [6.07, 6.45) is 0.894. The molecule has 4 atom stereocenters. The van der Waals surface area contributed by atoms with Crippen molar-refractivity contribution in [3.05, 3.63) is 144 Å². The van der Waals surface area contributed by atoms with Crippen molar-refractivity contribution in [3.63, 3.8) is 0 Å². The number of rotatable bonds is 15. The van der Waals surface area contributed by atoms with E-state index in [4.69, 9.17) is 20.3 Å². The van der Waals surface area contributed by atoms with Crippen LogP contribution >= 0.6 is 0 Å². The number of carboxylic acids is 1. The van der Waals surface area contributed by atoms with Gasteiger partial charge in [-0.05, 0) is 56.6 Å². The van der Waals surface area contributed by atoms with Crippen molar-refractivity contribution in [3.8, 4) is 0 Å². The Kier molecular flexibility index (Phi) is 22.4. The highest BCUT2D eigenvalue weighted by Gasteiger charge is 2.26. The molecule has 0 heterocycles. The fourth-order valence-electron chi connectivity index (χ4n) is 4.33. The molecule has 4 aromatic rings. The first-order valence-electron chi connectivity index (χ1n) is 17.1. The van der Waals surface area contributed by atoms with Crippen LogP contribution in [-0.2, 0) is 54.7 Å². The molecule has 0 aromatic heterocycles. The largest absolute Gasteiger partial charge is 1.00 e. The Bertz CT molecular complexity index is 1610. The van der Waals surface area contributed by atoms with Gasteiger partial charge in [0, 0.05) is 6.42 Å². The van der Waals surface area contributed by atoms with E-state index in [2.05, 4.69) is 5.32 Å². The average Bonchev–Trinajstić information content (AvgIpc) is 3.17. The van der Waals surface area contributed by atoms with Gasteiger partial charge in [-0.3, -0.25) is 19.3 Å². The highest BCUT2D eigenvalue weighted by Crippen LogP contribution is 2.08. The summed E-state index contributed by atoms with van der Waals surface area (Å²) >= 11 is 0. The summed E-state index contributed by atoms with van der Waals surface area (Å²) in [6, 6.07) is 36.4. The second-order valence-electron chi connectivity index (χ2n) is 12.3. The minimum atomic E-state index is -0.782. The summed E-state index contributed by atoms with van der Waals surface area (Å²) in [5, 5.41) is 12.9. The molecule has 0 fully saturated rings. The molecule has 4 aromatic carbocycles. The topological polar surface area (TPSA) is 165 Å². The minimum absolute atomic E-state index is 0. The van der Waals surface area contributed by atoms with E-state index in [1.807, 2.05) is 128 Å². The molecular weight excluding hydrogens is 696 g/mol. The van der Waals surface area contributed by atoms with Gasteiger partial charge < -0.3 is 43.4 Å². The van der Waals surface area contributed by atoms with E-state index in [9.17, 15) is 19.2 Å². The van der Waals surface area contributed by atoms with Crippen LogP contribution in [0.4, 0.5) is 0 Å². The molecule has 0 aliphatic heterocycles. The Hall–Kier alpha value is -5.07. The van der Waals surface area contributed by atoms with Crippen LogP contribution in [0.5, 0.6) is 0 Å². The molecule has 11 nitrogen and oxygen atoms in total. The summed E-state index contributed by atoms with van der Waals surface area (Å²) in [4.78, 5) is 48.2. The molecule has 6 N–H and O–H groups in total. The smallest absolute Gasteiger partial charge is 0.329 e. The molecule has 0 saturated carbocycles. The van der Waals surface area contributed by atoms with Crippen molar-refractivity contribution in [1.29, 1.82) is 0 Å². The van der Waals surface area contributed by atoms with Gasteiger partial charge in [0.25, 0.3) is 5.91 Å². The van der Waals surface area contributed by atoms with E-state index in [1.165, 1.54) is 0 Å². The van der Waals surface area contributed by atoms with Crippen molar-refractivity contribution in [1.82, 2.24) is 10.2 Å². The van der Waals surface area contributed by atoms with E-state index >= 15 is 0 Å². The maximum Gasteiger partial charge on any atom is 0.329 e. The number of aliphatic carboxylic acids is 1. The lowest BCUT2D eigenvalue weighted by Gasteiger charge is -2.19. The number of carboxylic acid groups (broad SMARTS) is 1. The van der Waals surface area contributed by atoms with Crippen molar-refractivity contribution in [2.75, 3.05) is 21.1 Å². The third-order valence-electron chi connectivity index (χ3n) is 7.98. The van der Waals surface area contributed by atoms with Crippen molar-refractivity contribution >= 4 is 23.8 Å². The van der Waals surface area contributed by atoms with Crippen LogP contribution in [0.3, 0.4) is 0 Å². The van der Waals surface area contributed by atoms with Gasteiger partial charge in [-0.2, -0.15) is 0 Å². The van der Waals surface area contributed by atoms with Crippen LogP contribution in [0, 0.1) is 0 Å². The quantitative estimate of drug-likeness (QED) is 0.126. The number of likely N-dealkylation sites (N-methyl/N-ethyl adjacent to an activating group) is 2. The Balaban J connectivity index is 0.000000443. The number of carbonyl (C=O) groups is 4. The number of hydrogen-bond donors (Lipinski definition) is 4. The maximum absolute atomic E-state index is 12.5. The summed E-state index contributed by atoms with van der Waals surface area (Å²) < 4.78 is 10.6. The number of carbonyl (C=O) groups excluding carboxylic acids is 3. The third kappa shape index (κ3) is 18.8. The summed E-state index contributed by atoms with van der Waals surface area (Å²) in [7, 11) is 5.29. The molecule has 0 bridgehead atoms. The number of esters is 2. The Labute approximate surface area is 319 Å². The van der Waals surface area contributed by atoms with Crippen LogP contribution < -0.4 is 28.8 Å². The number of quaternary nitrogens is 1. The van der Waals surface area contributed by atoms with Crippen LogP contribution in [0.25, 0.3) is 0 Å². The zero-order valence-corrected chi connectivity index (χ0v) is 31.8. The van der Waals surface area contributed by atoms with Crippen molar-refractivity contribution in [2.24, 2.45) is 5.73 Å². The molecule has 0 saturated heterocycles. The second kappa shape index (κ2) is 25.8. The lowest BCUT2D eigenvalue weighted by Crippen LogP contribution is -3.00. The number of nitrogens with one attached hydrogen (secondary N) is 1. The Morgan fingerprint density at radius 3 is 1.42 bits per heavy atom.